The zero-order valence-electron chi connectivity index (χ0n) is 10.8. The van der Waals surface area contributed by atoms with Gasteiger partial charge in [-0.2, -0.15) is 0 Å². The topological polar surface area (TPSA) is 55.1 Å². The Bertz CT molecular complexity index is 428. The molecule has 0 aliphatic carbocycles. The maximum Gasteiger partial charge on any atom is 0.242 e. The van der Waals surface area contributed by atoms with Gasteiger partial charge in [-0.15, -0.1) is 0 Å². The number of primary amides is 1. The van der Waals surface area contributed by atoms with Crippen LogP contribution in [0.15, 0.2) is 18.2 Å². The van der Waals surface area contributed by atoms with E-state index in [4.69, 9.17) is 5.73 Å². The third-order valence-electron chi connectivity index (χ3n) is 2.82. The minimum absolute atomic E-state index is 0.221. The van der Waals surface area contributed by atoms with Crippen LogP contribution in [0.4, 0.5) is 8.78 Å². The quantitative estimate of drug-likeness (QED) is 0.845. The highest BCUT2D eigenvalue weighted by atomic mass is 19.1. The number of rotatable bonds is 5. The van der Waals surface area contributed by atoms with Gasteiger partial charge in [-0.05, 0) is 31.5 Å². The molecule has 1 atom stereocenters. The molecule has 1 aromatic carbocycles. The van der Waals surface area contributed by atoms with Crippen LogP contribution in [0.25, 0.3) is 0 Å². The highest BCUT2D eigenvalue weighted by Crippen LogP contribution is 2.26. The first-order valence-corrected chi connectivity index (χ1v) is 5.78. The monoisotopic (exact) mass is 256 g/mol. The van der Waals surface area contributed by atoms with E-state index in [1.165, 1.54) is 13.0 Å². The minimum atomic E-state index is -1.56. The Hall–Kier alpha value is -1.49. The zero-order chi connectivity index (χ0) is 13.9. The number of carbonyl (C=O) groups is 1. The zero-order valence-corrected chi connectivity index (χ0v) is 10.8. The third kappa shape index (κ3) is 2.85. The fourth-order valence-corrected chi connectivity index (χ4v) is 1.68. The molecule has 0 aliphatic heterocycles. The number of carbonyl (C=O) groups excluding carboxylic acids is 1. The third-order valence-corrected chi connectivity index (χ3v) is 2.82. The van der Waals surface area contributed by atoms with E-state index in [1.54, 1.807) is 0 Å². The first-order chi connectivity index (χ1) is 8.29. The summed E-state index contributed by atoms with van der Waals surface area (Å²) in [6, 6.07) is 3.46. The van der Waals surface area contributed by atoms with Crippen molar-refractivity contribution in [2.24, 2.45) is 11.7 Å². The number of hydrogen-bond donors (Lipinski definition) is 2. The Morgan fingerprint density at radius 2 is 1.89 bits per heavy atom. The molecule has 1 unspecified atom stereocenters. The summed E-state index contributed by atoms with van der Waals surface area (Å²) < 4.78 is 27.5. The number of hydrogen-bond acceptors (Lipinski definition) is 2. The van der Waals surface area contributed by atoms with Crippen LogP contribution in [0.3, 0.4) is 0 Å². The van der Waals surface area contributed by atoms with E-state index in [1.807, 2.05) is 13.8 Å². The Morgan fingerprint density at radius 1 is 1.39 bits per heavy atom. The number of benzene rings is 1. The van der Waals surface area contributed by atoms with Crippen LogP contribution >= 0.6 is 0 Å². The van der Waals surface area contributed by atoms with Gasteiger partial charge in [0.15, 0.2) is 0 Å². The molecule has 0 aliphatic rings. The summed E-state index contributed by atoms with van der Waals surface area (Å²) in [5.74, 6) is -2.16. The van der Waals surface area contributed by atoms with Crippen LogP contribution in [-0.2, 0) is 10.3 Å². The van der Waals surface area contributed by atoms with Gasteiger partial charge in [-0.1, -0.05) is 19.9 Å². The molecule has 0 heterocycles. The average molecular weight is 256 g/mol. The molecule has 1 rings (SSSR count). The van der Waals surface area contributed by atoms with Crippen molar-refractivity contribution in [2.75, 3.05) is 6.54 Å². The Balaban J connectivity index is 3.23. The molecule has 5 heteroatoms. The van der Waals surface area contributed by atoms with E-state index >= 15 is 0 Å². The van der Waals surface area contributed by atoms with E-state index in [0.717, 1.165) is 12.1 Å². The maximum atomic E-state index is 13.7. The predicted molar refractivity (Wildman–Crippen MR) is 65.7 cm³/mol. The Kier molecular flexibility index (Phi) is 4.40. The second kappa shape index (κ2) is 5.44. The van der Waals surface area contributed by atoms with Crippen molar-refractivity contribution in [3.8, 4) is 0 Å². The van der Waals surface area contributed by atoms with Crippen molar-refractivity contribution >= 4 is 5.91 Å². The second-order valence-corrected chi connectivity index (χ2v) is 4.86. The molecule has 18 heavy (non-hydrogen) atoms. The molecular formula is C13H18F2N2O. The van der Waals surface area contributed by atoms with Gasteiger partial charge in [0, 0.05) is 0 Å². The van der Waals surface area contributed by atoms with Crippen molar-refractivity contribution in [2.45, 2.75) is 26.3 Å². The Labute approximate surface area is 105 Å². The smallest absolute Gasteiger partial charge is 0.242 e. The van der Waals surface area contributed by atoms with Crippen molar-refractivity contribution in [1.82, 2.24) is 5.32 Å². The van der Waals surface area contributed by atoms with Gasteiger partial charge in [0.1, 0.15) is 17.2 Å². The first-order valence-electron chi connectivity index (χ1n) is 5.78. The molecule has 0 spiro atoms. The molecule has 0 bridgehead atoms. The normalized spacial score (nSPS) is 14.6. The highest BCUT2D eigenvalue weighted by Gasteiger charge is 2.37. The van der Waals surface area contributed by atoms with E-state index in [9.17, 15) is 13.6 Å². The molecule has 0 aromatic heterocycles. The van der Waals surface area contributed by atoms with Crippen LogP contribution in [0.1, 0.15) is 26.3 Å². The molecular weight excluding hydrogens is 238 g/mol. The lowest BCUT2D eigenvalue weighted by molar-refractivity contribution is -0.124. The van der Waals surface area contributed by atoms with Crippen molar-refractivity contribution < 1.29 is 13.6 Å². The Morgan fingerprint density at radius 3 is 2.28 bits per heavy atom. The van der Waals surface area contributed by atoms with Gasteiger partial charge in [0.2, 0.25) is 5.91 Å². The highest BCUT2D eigenvalue weighted by molar-refractivity contribution is 5.85. The summed E-state index contributed by atoms with van der Waals surface area (Å²) in [6.45, 7) is 5.66. The SMILES string of the molecule is CC(C)CNC(C)(C(N)=O)c1c(F)cccc1F. The number of nitrogens with one attached hydrogen (secondary N) is 1. The molecule has 0 fully saturated rings. The summed E-state index contributed by atoms with van der Waals surface area (Å²) in [5.41, 5.74) is 3.40. The largest absolute Gasteiger partial charge is 0.368 e. The van der Waals surface area contributed by atoms with Gasteiger partial charge < -0.3 is 5.73 Å². The summed E-state index contributed by atoms with van der Waals surface area (Å²) >= 11 is 0. The lowest BCUT2D eigenvalue weighted by Crippen LogP contribution is -2.52. The van der Waals surface area contributed by atoms with Crippen LogP contribution in [0, 0.1) is 17.6 Å². The van der Waals surface area contributed by atoms with E-state index < -0.39 is 23.1 Å². The fourth-order valence-electron chi connectivity index (χ4n) is 1.68. The maximum absolute atomic E-state index is 13.7. The summed E-state index contributed by atoms with van der Waals surface area (Å²) in [7, 11) is 0. The molecule has 0 saturated carbocycles. The average Bonchev–Trinajstić information content (AvgIpc) is 2.25. The van der Waals surface area contributed by atoms with Crippen LogP contribution in [0.2, 0.25) is 0 Å². The number of nitrogens with two attached hydrogens (primary N) is 1. The van der Waals surface area contributed by atoms with Crippen molar-refractivity contribution in [1.29, 1.82) is 0 Å². The molecule has 3 nitrogen and oxygen atoms in total. The van der Waals surface area contributed by atoms with Crippen molar-refractivity contribution in [3.63, 3.8) is 0 Å². The van der Waals surface area contributed by atoms with Crippen LogP contribution in [-0.4, -0.2) is 12.5 Å². The minimum Gasteiger partial charge on any atom is -0.368 e. The molecule has 0 saturated heterocycles. The second-order valence-electron chi connectivity index (χ2n) is 4.86. The van der Waals surface area contributed by atoms with Gasteiger partial charge in [0.05, 0.1) is 5.56 Å². The van der Waals surface area contributed by atoms with E-state index in [0.29, 0.717) is 6.54 Å². The predicted octanol–water partition coefficient (Wildman–Crippen LogP) is 1.91. The number of amides is 1. The lowest BCUT2D eigenvalue weighted by atomic mass is 9.89. The summed E-state index contributed by atoms with van der Waals surface area (Å²) in [6.07, 6.45) is 0. The first kappa shape index (κ1) is 14.6. The van der Waals surface area contributed by atoms with Crippen LogP contribution in [0.5, 0.6) is 0 Å². The van der Waals surface area contributed by atoms with E-state index in [-0.39, 0.29) is 11.5 Å². The summed E-state index contributed by atoms with van der Waals surface area (Å²) in [4.78, 5) is 11.6. The number of halogens is 2. The molecule has 1 amide bonds. The van der Waals surface area contributed by atoms with Gasteiger partial charge in [0.25, 0.3) is 0 Å². The molecule has 100 valence electrons. The molecule has 1 aromatic rings. The van der Waals surface area contributed by atoms with Gasteiger partial charge in [-0.25, -0.2) is 8.78 Å². The van der Waals surface area contributed by atoms with E-state index in [2.05, 4.69) is 5.32 Å². The molecule has 0 radical (unpaired) electrons. The molecule has 3 N–H and O–H groups in total. The van der Waals surface area contributed by atoms with Gasteiger partial charge in [-0.3, -0.25) is 10.1 Å². The standard InChI is InChI=1S/C13H18F2N2O/c1-8(2)7-17-13(3,12(16)18)11-9(14)5-4-6-10(11)15/h4-6,8,17H,7H2,1-3H3,(H2,16,18). The summed E-state index contributed by atoms with van der Waals surface area (Å²) in [5, 5.41) is 2.84. The van der Waals surface area contributed by atoms with Crippen LogP contribution < -0.4 is 11.1 Å². The van der Waals surface area contributed by atoms with Gasteiger partial charge >= 0.3 is 0 Å². The van der Waals surface area contributed by atoms with Crippen molar-refractivity contribution in [3.05, 3.63) is 35.4 Å². The lowest BCUT2D eigenvalue weighted by Gasteiger charge is -2.29. The fraction of sp³-hybridized carbons (Fsp3) is 0.462.